The Morgan fingerprint density at radius 1 is 1.23 bits per heavy atom. The van der Waals surface area contributed by atoms with Gasteiger partial charge in [-0.05, 0) is 66.7 Å². The van der Waals surface area contributed by atoms with E-state index in [9.17, 15) is 4.79 Å². The Kier molecular flexibility index (Phi) is 6.59. The molecule has 0 bridgehead atoms. The first-order chi connectivity index (χ1) is 12.5. The molecule has 0 aromatic heterocycles. The Hall–Kier alpha value is -1.11. The van der Waals surface area contributed by atoms with Crippen molar-refractivity contribution < 1.29 is 14.3 Å². The van der Waals surface area contributed by atoms with Crippen LogP contribution in [-0.2, 0) is 4.74 Å². The highest BCUT2D eigenvalue weighted by Crippen LogP contribution is 2.27. The molecular weight excluding hydrogens is 396 g/mol. The van der Waals surface area contributed by atoms with Gasteiger partial charge < -0.3 is 14.4 Å². The Morgan fingerprint density at radius 3 is 2.50 bits per heavy atom. The molecule has 144 valence electrons. The molecule has 2 aliphatic heterocycles. The minimum atomic E-state index is 0.0860. The van der Waals surface area contributed by atoms with Crippen molar-refractivity contribution in [2.24, 2.45) is 5.92 Å². The number of hydrogen-bond donors (Lipinski definition) is 0. The van der Waals surface area contributed by atoms with Crippen molar-refractivity contribution in [3.8, 4) is 5.75 Å². The van der Waals surface area contributed by atoms with Gasteiger partial charge >= 0.3 is 0 Å². The molecule has 0 aliphatic carbocycles. The van der Waals surface area contributed by atoms with Crippen molar-refractivity contribution >= 4 is 21.8 Å². The van der Waals surface area contributed by atoms with Gasteiger partial charge in [-0.25, -0.2) is 0 Å². The van der Waals surface area contributed by atoms with Crippen LogP contribution in [0, 0.1) is 5.92 Å². The van der Waals surface area contributed by atoms with Gasteiger partial charge in [0.25, 0.3) is 5.91 Å². The van der Waals surface area contributed by atoms with Gasteiger partial charge in [0.15, 0.2) is 0 Å². The van der Waals surface area contributed by atoms with E-state index in [2.05, 4.69) is 34.7 Å². The highest BCUT2D eigenvalue weighted by Gasteiger charge is 2.28. The number of carbonyl (C=O) groups is 1. The minimum Gasteiger partial charge on any atom is -0.497 e. The SMILES string of the molecule is COc1ccc(Br)c(C(=O)N2CCC(CN3CC(C)OC(C)C3)CC2)c1. The standard InChI is InChI=1S/C20H29BrN2O3/c1-14-11-22(12-15(2)26-14)13-16-6-8-23(9-7-16)20(24)18-10-17(25-3)4-5-19(18)21/h4-5,10,14-16H,6-9,11-13H2,1-3H3. The molecule has 2 atom stereocenters. The average Bonchev–Trinajstić information content (AvgIpc) is 2.61. The normalized spacial score (nSPS) is 25.3. The minimum absolute atomic E-state index is 0.0860. The van der Waals surface area contributed by atoms with Gasteiger partial charge in [0.1, 0.15) is 5.75 Å². The third-order valence-corrected chi connectivity index (χ3v) is 6.01. The number of benzene rings is 1. The van der Waals surface area contributed by atoms with E-state index < -0.39 is 0 Å². The summed E-state index contributed by atoms with van der Waals surface area (Å²) in [5.74, 6) is 1.45. The first kappa shape index (κ1) is 19.6. The summed E-state index contributed by atoms with van der Waals surface area (Å²) in [7, 11) is 1.62. The molecule has 2 unspecified atom stereocenters. The predicted octanol–water partition coefficient (Wildman–Crippen LogP) is 3.42. The van der Waals surface area contributed by atoms with Crippen LogP contribution < -0.4 is 4.74 Å². The quantitative estimate of drug-likeness (QED) is 0.742. The maximum absolute atomic E-state index is 12.9. The zero-order valence-corrected chi connectivity index (χ0v) is 17.5. The van der Waals surface area contributed by atoms with Crippen LogP contribution in [0.2, 0.25) is 0 Å². The number of ether oxygens (including phenoxy) is 2. The molecule has 0 saturated carbocycles. The Bertz CT molecular complexity index is 621. The van der Waals surface area contributed by atoms with E-state index in [1.54, 1.807) is 7.11 Å². The number of nitrogens with zero attached hydrogens (tertiary/aromatic N) is 2. The fraction of sp³-hybridized carbons (Fsp3) is 0.650. The lowest BCUT2D eigenvalue weighted by Crippen LogP contribution is -2.48. The van der Waals surface area contributed by atoms with Crippen LogP contribution in [0.15, 0.2) is 22.7 Å². The van der Waals surface area contributed by atoms with Crippen LogP contribution in [0.25, 0.3) is 0 Å². The second-order valence-electron chi connectivity index (χ2n) is 7.56. The second-order valence-corrected chi connectivity index (χ2v) is 8.41. The van der Waals surface area contributed by atoms with Crippen molar-refractivity contribution in [1.82, 2.24) is 9.80 Å². The van der Waals surface area contributed by atoms with Crippen LogP contribution in [0.3, 0.4) is 0 Å². The fourth-order valence-corrected chi connectivity index (χ4v) is 4.50. The Morgan fingerprint density at radius 2 is 1.88 bits per heavy atom. The van der Waals surface area contributed by atoms with Gasteiger partial charge in [0.05, 0.1) is 24.9 Å². The first-order valence-electron chi connectivity index (χ1n) is 9.47. The lowest BCUT2D eigenvalue weighted by atomic mass is 9.95. The predicted molar refractivity (Wildman–Crippen MR) is 106 cm³/mol. The molecule has 0 spiro atoms. The van der Waals surface area contributed by atoms with Crippen molar-refractivity contribution in [2.45, 2.75) is 38.9 Å². The molecule has 2 heterocycles. The molecule has 0 N–H and O–H groups in total. The van der Waals surface area contributed by atoms with E-state index in [0.717, 1.165) is 50.0 Å². The first-order valence-corrected chi connectivity index (χ1v) is 10.3. The van der Waals surface area contributed by atoms with Gasteiger partial charge in [-0.15, -0.1) is 0 Å². The summed E-state index contributed by atoms with van der Waals surface area (Å²) < 4.78 is 11.9. The molecular formula is C20H29BrN2O3. The number of amides is 1. The molecule has 5 nitrogen and oxygen atoms in total. The molecule has 2 aliphatic rings. The van der Waals surface area contributed by atoms with E-state index in [0.29, 0.717) is 29.4 Å². The van der Waals surface area contributed by atoms with E-state index in [-0.39, 0.29) is 5.91 Å². The van der Waals surface area contributed by atoms with Crippen LogP contribution in [0.4, 0.5) is 0 Å². The van der Waals surface area contributed by atoms with Crippen molar-refractivity contribution in [1.29, 1.82) is 0 Å². The zero-order chi connectivity index (χ0) is 18.7. The summed E-state index contributed by atoms with van der Waals surface area (Å²) in [4.78, 5) is 17.4. The molecule has 6 heteroatoms. The smallest absolute Gasteiger partial charge is 0.255 e. The number of halogens is 1. The summed E-state index contributed by atoms with van der Waals surface area (Å²) in [6, 6.07) is 5.55. The number of piperidine rings is 1. The monoisotopic (exact) mass is 424 g/mol. The topological polar surface area (TPSA) is 42.0 Å². The highest BCUT2D eigenvalue weighted by atomic mass is 79.9. The third-order valence-electron chi connectivity index (χ3n) is 5.32. The van der Waals surface area contributed by atoms with Crippen molar-refractivity contribution in [3.63, 3.8) is 0 Å². The summed E-state index contributed by atoms with van der Waals surface area (Å²) in [5.41, 5.74) is 0.679. The number of rotatable bonds is 4. The molecule has 26 heavy (non-hydrogen) atoms. The largest absolute Gasteiger partial charge is 0.497 e. The van der Waals surface area contributed by atoms with Crippen LogP contribution >= 0.6 is 15.9 Å². The molecule has 2 fully saturated rings. The van der Waals surface area contributed by atoms with E-state index in [1.165, 1.54) is 0 Å². The highest BCUT2D eigenvalue weighted by molar-refractivity contribution is 9.10. The Balaban J connectivity index is 1.54. The van der Waals surface area contributed by atoms with Crippen LogP contribution in [0.1, 0.15) is 37.0 Å². The number of morpholine rings is 1. The molecule has 3 rings (SSSR count). The van der Waals surface area contributed by atoms with Gasteiger partial charge in [-0.1, -0.05) is 0 Å². The van der Waals surface area contributed by atoms with Crippen molar-refractivity contribution in [3.05, 3.63) is 28.2 Å². The fourth-order valence-electron chi connectivity index (χ4n) is 4.08. The molecule has 1 amide bonds. The summed E-state index contributed by atoms with van der Waals surface area (Å²) in [6.45, 7) is 9.08. The number of methoxy groups -OCH3 is 1. The summed E-state index contributed by atoms with van der Waals surface area (Å²) >= 11 is 3.49. The van der Waals surface area contributed by atoms with Gasteiger partial charge in [-0.3, -0.25) is 9.69 Å². The number of carbonyl (C=O) groups excluding carboxylic acids is 1. The zero-order valence-electron chi connectivity index (χ0n) is 15.9. The maximum Gasteiger partial charge on any atom is 0.255 e. The number of hydrogen-bond acceptors (Lipinski definition) is 4. The van der Waals surface area contributed by atoms with Crippen LogP contribution in [0.5, 0.6) is 5.75 Å². The second kappa shape index (κ2) is 8.72. The molecule has 2 saturated heterocycles. The van der Waals surface area contributed by atoms with Gasteiger partial charge in [0, 0.05) is 37.2 Å². The molecule has 1 aromatic carbocycles. The molecule has 0 radical (unpaired) electrons. The summed E-state index contributed by atoms with van der Waals surface area (Å²) in [5, 5.41) is 0. The lowest BCUT2D eigenvalue weighted by molar-refractivity contribution is -0.0728. The molecule has 1 aromatic rings. The third kappa shape index (κ3) is 4.78. The lowest BCUT2D eigenvalue weighted by Gasteiger charge is -2.39. The van der Waals surface area contributed by atoms with Gasteiger partial charge in [0.2, 0.25) is 0 Å². The van der Waals surface area contributed by atoms with E-state index in [4.69, 9.17) is 9.47 Å². The van der Waals surface area contributed by atoms with Crippen LogP contribution in [-0.4, -0.2) is 67.7 Å². The number of likely N-dealkylation sites (tertiary alicyclic amines) is 1. The van der Waals surface area contributed by atoms with Gasteiger partial charge in [-0.2, -0.15) is 0 Å². The average molecular weight is 425 g/mol. The van der Waals surface area contributed by atoms with Crippen molar-refractivity contribution in [2.75, 3.05) is 39.8 Å². The van der Waals surface area contributed by atoms with E-state index in [1.807, 2.05) is 23.1 Å². The Labute approximate surface area is 164 Å². The maximum atomic E-state index is 12.9. The summed E-state index contributed by atoms with van der Waals surface area (Å²) in [6.07, 6.45) is 2.75. The van der Waals surface area contributed by atoms with E-state index >= 15 is 0 Å².